The van der Waals surface area contributed by atoms with Gasteiger partial charge in [0.25, 0.3) is 0 Å². The first kappa shape index (κ1) is 13.7. The molecule has 0 bridgehead atoms. The molecule has 0 unspecified atom stereocenters. The van der Waals surface area contributed by atoms with Gasteiger partial charge in [0.1, 0.15) is 12.7 Å². The van der Waals surface area contributed by atoms with Crippen molar-refractivity contribution in [1.29, 1.82) is 0 Å². The summed E-state index contributed by atoms with van der Waals surface area (Å²) in [6.07, 6.45) is 3.50. The van der Waals surface area contributed by atoms with E-state index in [2.05, 4.69) is 35.3 Å². The van der Waals surface area contributed by atoms with Crippen LogP contribution in [-0.4, -0.2) is 20.7 Å². The Labute approximate surface area is 116 Å². The van der Waals surface area contributed by atoms with Crippen LogP contribution in [0.2, 0.25) is 0 Å². The Balaban J connectivity index is 1.89. The second-order valence-electron chi connectivity index (χ2n) is 4.71. The van der Waals surface area contributed by atoms with E-state index in [0.29, 0.717) is 18.9 Å². The summed E-state index contributed by atoms with van der Waals surface area (Å²) in [4.78, 5) is 17.0. The van der Waals surface area contributed by atoms with Gasteiger partial charge in [0.05, 0.1) is 12.6 Å². The number of nitrogens with zero attached hydrogens (tertiary/aromatic N) is 3. The third kappa shape index (κ3) is 3.89. The summed E-state index contributed by atoms with van der Waals surface area (Å²) in [6.45, 7) is 4.78. The van der Waals surface area contributed by atoms with E-state index < -0.39 is 0 Å². The van der Waals surface area contributed by atoms with Crippen molar-refractivity contribution in [3.05, 3.63) is 35.0 Å². The van der Waals surface area contributed by atoms with Crippen LogP contribution in [0.15, 0.2) is 30.2 Å². The smallest absolute Gasteiger partial charge is 0.222 e. The first-order chi connectivity index (χ1) is 9.16. The lowest BCUT2D eigenvalue weighted by Crippen LogP contribution is -2.31. The molecule has 1 N–H and O–H groups in total. The molecule has 2 aromatic rings. The lowest BCUT2D eigenvalue weighted by atomic mass is 10.0. The minimum atomic E-state index is 0.0441. The fourth-order valence-corrected chi connectivity index (χ4v) is 2.79. The minimum Gasteiger partial charge on any atom is -0.348 e. The third-order valence-electron chi connectivity index (χ3n) is 2.87. The number of aromatic nitrogens is 3. The number of hydrogen-bond acceptors (Lipinski definition) is 4. The van der Waals surface area contributed by atoms with E-state index in [1.54, 1.807) is 22.3 Å². The van der Waals surface area contributed by atoms with Crippen molar-refractivity contribution in [3.8, 4) is 0 Å². The zero-order valence-electron chi connectivity index (χ0n) is 11.1. The normalized spacial score (nSPS) is 12.6. The van der Waals surface area contributed by atoms with Crippen molar-refractivity contribution in [2.24, 2.45) is 5.92 Å². The summed E-state index contributed by atoms with van der Waals surface area (Å²) in [5.74, 6) is 0.413. The van der Waals surface area contributed by atoms with Crippen LogP contribution < -0.4 is 5.32 Å². The van der Waals surface area contributed by atoms with Gasteiger partial charge in [-0.05, 0) is 17.4 Å². The number of aryl methyl sites for hydroxylation is 1. The quantitative estimate of drug-likeness (QED) is 0.881. The lowest BCUT2D eigenvalue weighted by molar-refractivity contribution is -0.122. The number of carbonyl (C=O) groups is 1. The molecule has 0 spiro atoms. The molecule has 2 aromatic heterocycles. The molecule has 0 saturated carbocycles. The summed E-state index contributed by atoms with van der Waals surface area (Å²) in [7, 11) is 0. The van der Waals surface area contributed by atoms with Crippen LogP contribution in [0.3, 0.4) is 0 Å². The van der Waals surface area contributed by atoms with Gasteiger partial charge in [-0.15, -0.1) is 11.3 Å². The molecule has 6 heteroatoms. The highest BCUT2D eigenvalue weighted by atomic mass is 32.1. The van der Waals surface area contributed by atoms with Crippen molar-refractivity contribution < 1.29 is 4.79 Å². The first-order valence-corrected chi connectivity index (χ1v) is 7.20. The Morgan fingerprint density at radius 1 is 1.53 bits per heavy atom. The highest BCUT2D eigenvalue weighted by Gasteiger charge is 2.18. The number of carbonyl (C=O) groups excluding carboxylic acids is 1. The maximum atomic E-state index is 12.0. The van der Waals surface area contributed by atoms with Crippen molar-refractivity contribution in [3.63, 3.8) is 0 Å². The second-order valence-corrected chi connectivity index (χ2v) is 5.69. The summed E-state index contributed by atoms with van der Waals surface area (Å²) < 4.78 is 1.66. The zero-order valence-corrected chi connectivity index (χ0v) is 11.9. The highest BCUT2D eigenvalue weighted by molar-refractivity contribution is 7.10. The molecular formula is C13H18N4OS. The predicted octanol–water partition coefficient (Wildman–Crippen LogP) is 2.24. The van der Waals surface area contributed by atoms with Gasteiger partial charge in [0.15, 0.2) is 0 Å². The van der Waals surface area contributed by atoms with Gasteiger partial charge in [-0.2, -0.15) is 5.10 Å². The van der Waals surface area contributed by atoms with Gasteiger partial charge >= 0.3 is 0 Å². The van der Waals surface area contributed by atoms with Crippen molar-refractivity contribution in [2.75, 3.05) is 0 Å². The molecule has 0 aliphatic rings. The molecular weight excluding hydrogens is 260 g/mol. The summed E-state index contributed by atoms with van der Waals surface area (Å²) in [6, 6.07) is 4.16. The Hall–Kier alpha value is -1.69. The number of rotatable bonds is 6. The molecule has 102 valence electrons. The van der Waals surface area contributed by atoms with Crippen LogP contribution in [0.5, 0.6) is 0 Å². The summed E-state index contributed by atoms with van der Waals surface area (Å²) in [5.41, 5.74) is 0. The SMILES string of the molecule is CC(C)[C@H](NC(=O)CCn1cncn1)c1cccs1. The first-order valence-electron chi connectivity index (χ1n) is 6.32. The Morgan fingerprint density at radius 2 is 2.37 bits per heavy atom. The van der Waals surface area contributed by atoms with Gasteiger partial charge in [0.2, 0.25) is 5.91 Å². The van der Waals surface area contributed by atoms with Crippen LogP contribution >= 0.6 is 11.3 Å². The molecule has 1 atom stereocenters. The highest BCUT2D eigenvalue weighted by Crippen LogP contribution is 2.25. The largest absolute Gasteiger partial charge is 0.348 e. The molecule has 0 fully saturated rings. The standard InChI is InChI=1S/C13H18N4OS/c1-10(2)13(11-4-3-7-19-11)16-12(18)5-6-17-9-14-8-15-17/h3-4,7-10,13H,5-6H2,1-2H3,(H,16,18)/t13-/m0/s1. The van der Waals surface area contributed by atoms with E-state index in [1.165, 1.54) is 11.2 Å². The van der Waals surface area contributed by atoms with Crippen LogP contribution in [-0.2, 0) is 11.3 Å². The topological polar surface area (TPSA) is 59.8 Å². The molecule has 2 heterocycles. The Kier molecular flexibility index (Phi) is 4.68. The molecule has 1 amide bonds. The van der Waals surface area contributed by atoms with Crippen molar-refractivity contribution >= 4 is 17.2 Å². The molecule has 2 rings (SSSR count). The van der Waals surface area contributed by atoms with Gasteiger partial charge in [0, 0.05) is 11.3 Å². The second kappa shape index (κ2) is 6.47. The van der Waals surface area contributed by atoms with E-state index in [9.17, 15) is 4.79 Å². The van der Waals surface area contributed by atoms with E-state index in [1.807, 2.05) is 11.4 Å². The zero-order chi connectivity index (χ0) is 13.7. The number of nitrogens with one attached hydrogen (secondary N) is 1. The van der Waals surface area contributed by atoms with Crippen LogP contribution in [0, 0.1) is 5.92 Å². The van der Waals surface area contributed by atoms with Gasteiger partial charge in [-0.1, -0.05) is 19.9 Å². The fraction of sp³-hybridized carbons (Fsp3) is 0.462. The van der Waals surface area contributed by atoms with E-state index >= 15 is 0 Å². The molecule has 0 aliphatic heterocycles. The van der Waals surface area contributed by atoms with E-state index in [0.717, 1.165) is 0 Å². The van der Waals surface area contributed by atoms with E-state index in [-0.39, 0.29) is 11.9 Å². The molecule has 0 aromatic carbocycles. The molecule has 0 aliphatic carbocycles. The number of hydrogen-bond donors (Lipinski definition) is 1. The number of thiophene rings is 1. The maximum Gasteiger partial charge on any atom is 0.222 e. The molecule has 0 radical (unpaired) electrons. The molecule has 19 heavy (non-hydrogen) atoms. The fourth-order valence-electron chi connectivity index (χ4n) is 1.84. The lowest BCUT2D eigenvalue weighted by Gasteiger charge is -2.21. The summed E-state index contributed by atoms with van der Waals surface area (Å²) in [5, 5.41) is 9.11. The predicted molar refractivity (Wildman–Crippen MR) is 74.7 cm³/mol. The maximum absolute atomic E-state index is 12.0. The van der Waals surface area contributed by atoms with Gasteiger partial charge in [-0.3, -0.25) is 9.48 Å². The van der Waals surface area contributed by atoms with E-state index in [4.69, 9.17) is 0 Å². The third-order valence-corrected chi connectivity index (χ3v) is 3.82. The van der Waals surface area contributed by atoms with Crippen molar-refractivity contribution in [2.45, 2.75) is 32.9 Å². The van der Waals surface area contributed by atoms with Gasteiger partial charge < -0.3 is 5.32 Å². The van der Waals surface area contributed by atoms with Crippen molar-refractivity contribution in [1.82, 2.24) is 20.1 Å². The summed E-state index contributed by atoms with van der Waals surface area (Å²) >= 11 is 1.67. The average molecular weight is 278 g/mol. The molecule has 5 nitrogen and oxygen atoms in total. The van der Waals surface area contributed by atoms with Crippen LogP contribution in [0.1, 0.15) is 31.2 Å². The minimum absolute atomic E-state index is 0.0441. The Morgan fingerprint density at radius 3 is 2.95 bits per heavy atom. The average Bonchev–Trinajstić information content (AvgIpc) is 3.05. The number of amides is 1. The van der Waals surface area contributed by atoms with Gasteiger partial charge in [-0.25, -0.2) is 4.98 Å². The van der Waals surface area contributed by atoms with Crippen LogP contribution in [0.25, 0.3) is 0 Å². The van der Waals surface area contributed by atoms with Crippen LogP contribution in [0.4, 0.5) is 0 Å². The molecule has 0 saturated heterocycles. The Bertz CT molecular complexity index is 493. The monoisotopic (exact) mass is 278 g/mol.